The maximum atomic E-state index is 12.1. The van der Waals surface area contributed by atoms with Gasteiger partial charge in [0.15, 0.2) is 0 Å². The van der Waals surface area contributed by atoms with Crippen molar-refractivity contribution in [3.63, 3.8) is 0 Å². The number of aliphatic carboxylic acids is 1. The molecule has 1 unspecified atom stereocenters. The predicted octanol–water partition coefficient (Wildman–Crippen LogP) is 0.934. The smallest absolute Gasteiger partial charge is 0.326 e. The lowest BCUT2D eigenvalue weighted by molar-refractivity contribution is -0.143. The molecule has 0 aromatic carbocycles. The number of urea groups is 1. The van der Waals surface area contributed by atoms with Crippen molar-refractivity contribution in [2.75, 3.05) is 6.54 Å². The first-order valence-electron chi connectivity index (χ1n) is 6.63. The standard InChI is InChI=1S/C13H18N4O3/c1-9-14-6-5-10(16-9)8-15-13(20)17-7-3-2-4-11(17)12(18)19/h5-6,11H,2-4,7-8H2,1H3,(H,15,20)(H,18,19). The second-order valence-corrected chi connectivity index (χ2v) is 4.80. The zero-order valence-electron chi connectivity index (χ0n) is 11.4. The van der Waals surface area contributed by atoms with Crippen LogP contribution in [-0.2, 0) is 11.3 Å². The van der Waals surface area contributed by atoms with Crippen LogP contribution in [0.4, 0.5) is 4.79 Å². The summed E-state index contributed by atoms with van der Waals surface area (Å²) in [6.45, 7) is 2.52. The first-order chi connectivity index (χ1) is 9.58. The molecule has 1 aliphatic heterocycles. The second-order valence-electron chi connectivity index (χ2n) is 4.80. The van der Waals surface area contributed by atoms with Gasteiger partial charge in [0.1, 0.15) is 11.9 Å². The van der Waals surface area contributed by atoms with Gasteiger partial charge in [-0.1, -0.05) is 0 Å². The van der Waals surface area contributed by atoms with Gasteiger partial charge in [-0.15, -0.1) is 0 Å². The van der Waals surface area contributed by atoms with Crippen molar-refractivity contribution < 1.29 is 14.7 Å². The van der Waals surface area contributed by atoms with E-state index in [0.29, 0.717) is 24.5 Å². The van der Waals surface area contributed by atoms with Crippen LogP contribution in [0, 0.1) is 6.92 Å². The Labute approximate surface area is 117 Å². The largest absolute Gasteiger partial charge is 0.480 e. The molecule has 7 heteroatoms. The molecule has 7 nitrogen and oxygen atoms in total. The summed E-state index contributed by atoms with van der Waals surface area (Å²) in [5.74, 6) is -0.309. The van der Waals surface area contributed by atoms with Crippen LogP contribution in [0.5, 0.6) is 0 Å². The zero-order chi connectivity index (χ0) is 14.5. The second kappa shape index (κ2) is 6.31. The van der Waals surface area contributed by atoms with Crippen LogP contribution in [0.25, 0.3) is 0 Å². The number of carbonyl (C=O) groups is 2. The summed E-state index contributed by atoms with van der Waals surface area (Å²) in [4.78, 5) is 32.8. The molecule has 0 spiro atoms. The number of nitrogens with zero attached hydrogens (tertiary/aromatic N) is 3. The molecule has 2 rings (SSSR count). The first-order valence-corrected chi connectivity index (χ1v) is 6.63. The highest BCUT2D eigenvalue weighted by Gasteiger charge is 2.31. The number of aromatic nitrogens is 2. The van der Waals surface area contributed by atoms with Gasteiger partial charge in [-0.3, -0.25) is 0 Å². The number of piperidine rings is 1. The van der Waals surface area contributed by atoms with Crippen molar-refractivity contribution in [3.8, 4) is 0 Å². The predicted molar refractivity (Wildman–Crippen MR) is 71.0 cm³/mol. The molecule has 108 valence electrons. The fraction of sp³-hybridized carbons (Fsp3) is 0.538. The van der Waals surface area contributed by atoms with E-state index in [0.717, 1.165) is 12.8 Å². The number of hydrogen-bond donors (Lipinski definition) is 2. The topological polar surface area (TPSA) is 95.4 Å². The Balaban J connectivity index is 1.95. The van der Waals surface area contributed by atoms with Gasteiger partial charge < -0.3 is 15.3 Å². The SMILES string of the molecule is Cc1nccc(CNC(=O)N2CCCCC2C(=O)O)n1. The molecule has 1 aromatic rings. The summed E-state index contributed by atoms with van der Waals surface area (Å²) < 4.78 is 0. The summed E-state index contributed by atoms with van der Waals surface area (Å²) in [5, 5.41) is 11.9. The van der Waals surface area contributed by atoms with Crippen molar-refractivity contribution in [1.82, 2.24) is 20.2 Å². The molecule has 1 aliphatic rings. The number of likely N-dealkylation sites (tertiary alicyclic amines) is 1. The van der Waals surface area contributed by atoms with E-state index in [1.807, 2.05) is 0 Å². The maximum absolute atomic E-state index is 12.1. The number of aryl methyl sites for hydroxylation is 1. The Bertz CT molecular complexity index is 506. The average molecular weight is 278 g/mol. The molecular weight excluding hydrogens is 260 g/mol. The minimum atomic E-state index is -0.947. The fourth-order valence-corrected chi connectivity index (χ4v) is 2.30. The molecule has 2 amide bonds. The molecule has 0 saturated carbocycles. The summed E-state index contributed by atoms with van der Waals surface area (Å²) in [6.07, 6.45) is 3.82. The van der Waals surface area contributed by atoms with Gasteiger partial charge in [0.25, 0.3) is 0 Å². The Kier molecular flexibility index (Phi) is 4.49. The lowest BCUT2D eigenvalue weighted by Gasteiger charge is -2.32. The number of carboxylic acid groups (broad SMARTS) is 1. The van der Waals surface area contributed by atoms with E-state index < -0.39 is 12.0 Å². The van der Waals surface area contributed by atoms with E-state index in [1.54, 1.807) is 19.2 Å². The lowest BCUT2D eigenvalue weighted by Crippen LogP contribution is -2.51. The van der Waals surface area contributed by atoms with E-state index in [4.69, 9.17) is 5.11 Å². The maximum Gasteiger partial charge on any atom is 0.326 e. The van der Waals surface area contributed by atoms with Gasteiger partial charge in [-0.2, -0.15) is 0 Å². The quantitative estimate of drug-likeness (QED) is 0.857. The third kappa shape index (κ3) is 3.43. The highest BCUT2D eigenvalue weighted by Crippen LogP contribution is 2.17. The summed E-state index contributed by atoms with van der Waals surface area (Å²) in [6, 6.07) is 0.641. The van der Waals surface area contributed by atoms with Crippen LogP contribution in [-0.4, -0.2) is 44.6 Å². The molecule has 1 fully saturated rings. The molecule has 2 N–H and O–H groups in total. The highest BCUT2D eigenvalue weighted by atomic mass is 16.4. The van der Waals surface area contributed by atoms with Gasteiger partial charge in [0, 0.05) is 12.7 Å². The number of carboxylic acids is 1. The molecule has 1 saturated heterocycles. The van der Waals surface area contributed by atoms with Crippen LogP contribution in [0.15, 0.2) is 12.3 Å². The van der Waals surface area contributed by atoms with Crippen LogP contribution in [0.1, 0.15) is 30.8 Å². The van der Waals surface area contributed by atoms with Crippen molar-refractivity contribution in [3.05, 3.63) is 23.8 Å². The fourth-order valence-electron chi connectivity index (χ4n) is 2.30. The van der Waals surface area contributed by atoms with Crippen LogP contribution in [0.2, 0.25) is 0 Å². The highest BCUT2D eigenvalue weighted by molar-refractivity contribution is 5.82. The Morgan fingerprint density at radius 1 is 1.50 bits per heavy atom. The molecule has 1 atom stereocenters. The summed E-state index contributed by atoms with van der Waals surface area (Å²) in [5.41, 5.74) is 0.703. The Hall–Kier alpha value is -2.18. The van der Waals surface area contributed by atoms with Gasteiger partial charge in [0.05, 0.1) is 12.2 Å². The van der Waals surface area contributed by atoms with E-state index in [2.05, 4.69) is 15.3 Å². The van der Waals surface area contributed by atoms with Gasteiger partial charge >= 0.3 is 12.0 Å². The van der Waals surface area contributed by atoms with Crippen LogP contribution < -0.4 is 5.32 Å². The van der Waals surface area contributed by atoms with Gasteiger partial charge in [-0.05, 0) is 32.3 Å². The van der Waals surface area contributed by atoms with Crippen LogP contribution in [0.3, 0.4) is 0 Å². The average Bonchev–Trinajstić information content (AvgIpc) is 2.45. The van der Waals surface area contributed by atoms with Crippen molar-refractivity contribution in [2.45, 2.75) is 38.8 Å². The number of nitrogens with one attached hydrogen (secondary N) is 1. The van der Waals surface area contributed by atoms with E-state index in [-0.39, 0.29) is 12.6 Å². The normalized spacial score (nSPS) is 18.6. The molecule has 2 heterocycles. The zero-order valence-corrected chi connectivity index (χ0v) is 11.4. The molecular formula is C13H18N4O3. The monoisotopic (exact) mass is 278 g/mol. The third-order valence-electron chi connectivity index (χ3n) is 3.30. The van der Waals surface area contributed by atoms with Gasteiger partial charge in [-0.25, -0.2) is 19.6 Å². The lowest BCUT2D eigenvalue weighted by atomic mass is 10.0. The molecule has 1 aromatic heterocycles. The number of carbonyl (C=O) groups excluding carboxylic acids is 1. The van der Waals surface area contributed by atoms with Gasteiger partial charge in [0.2, 0.25) is 0 Å². The number of rotatable bonds is 3. The molecule has 20 heavy (non-hydrogen) atoms. The molecule has 0 aliphatic carbocycles. The minimum absolute atomic E-state index is 0.269. The first kappa shape index (κ1) is 14.2. The minimum Gasteiger partial charge on any atom is -0.480 e. The van der Waals surface area contributed by atoms with E-state index in [1.165, 1.54) is 4.90 Å². The molecule has 0 radical (unpaired) electrons. The van der Waals surface area contributed by atoms with E-state index in [9.17, 15) is 9.59 Å². The summed E-state index contributed by atoms with van der Waals surface area (Å²) >= 11 is 0. The Morgan fingerprint density at radius 3 is 3.00 bits per heavy atom. The van der Waals surface area contributed by atoms with Crippen molar-refractivity contribution in [2.24, 2.45) is 0 Å². The van der Waals surface area contributed by atoms with Crippen molar-refractivity contribution >= 4 is 12.0 Å². The Morgan fingerprint density at radius 2 is 2.30 bits per heavy atom. The third-order valence-corrected chi connectivity index (χ3v) is 3.30. The van der Waals surface area contributed by atoms with Crippen LogP contribution >= 0.6 is 0 Å². The van der Waals surface area contributed by atoms with Crippen molar-refractivity contribution in [1.29, 1.82) is 0 Å². The summed E-state index contributed by atoms with van der Waals surface area (Å²) in [7, 11) is 0. The van der Waals surface area contributed by atoms with E-state index >= 15 is 0 Å². The molecule has 0 bridgehead atoms. The number of hydrogen-bond acceptors (Lipinski definition) is 4. The number of amides is 2.